The first-order valence-electron chi connectivity index (χ1n) is 5.93. The highest BCUT2D eigenvalue weighted by molar-refractivity contribution is 5.24. The fourth-order valence-corrected chi connectivity index (χ4v) is 1.53. The minimum atomic E-state index is 0.613. The van der Waals surface area contributed by atoms with Crippen LogP contribution in [0.25, 0.3) is 0 Å². The van der Waals surface area contributed by atoms with Crippen molar-refractivity contribution >= 4 is 0 Å². The van der Waals surface area contributed by atoms with E-state index >= 15 is 0 Å². The van der Waals surface area contributed by atoms with Gasteiger partial charge in [-0.2, -0.15) is 0 Å². The van der Waals surface area contributed by atoms with E-state index in [1.807, 2.05) is 6.92 Å². The van der Waals surface area contributed by atoms with Gasteiger partial charge in [0.1, 0.15) is 0 Å². The molecular formula is C15H21N. The summed E-state index contributed by atoms with van der Waals surface area (Å²) in [6, 6.07) is 8.84. The van der Waals surface area contributed by atoms with Crippen LogP contribution < -0.4 is 5.32 Å². The first-order valence-corrected chi connectivity index (χ1v) is 5.93. The molecule has 0 heterocycles. The lowest BCUT2D eigenvalue weighted by Crippen LogP contribution is -2.14. The predicted molar refractivity (Wildman–Crippen MR) is 70.3 cm³/mol. The van der Waals surface area contributed by atoms with Gasteiger partial charge < -0.3 is 5.32 Å². The Hall–Kier alpha value is -1.26. The average Bonchev–Trinajstić information content (AvgIpc) is 2.29. The van der Waals surface area contributed by atoms with Gasteiger partial charge in [0.25, 0.3) is 0 Å². The van der Waals surface area contributed by atoms with Crippen LogP contribution >= 0.6 is 0 Å². The van der Waals surface area contributed by atoms with E-state index in [1.165, 1.54) is 11.1 Å². The molecule has 0 saturated carbocycles. The van der Waals surface area contributed by atoms with Crippen LogP contribution in [0.3, 0.4) is 0 Å². The summed E-state index contributed by atoms with van der Waals surface area (Å²) < 4.78 is 0. The lowest BCUT2D eigenvalue weighted by molar-refractivity contribution is 0.700. The third-order valence-electron chi connectivity index (χ3n) is 2.58. The summed E-state index contributed by atoms with van der Waals surface area (Å²) in [5, 5.41) is 3.38. The molecule has 0 radical (unpaired) electrons. The first-order chi connectivity index (χ1) is 7.74. The second-order valence-corrected chi connectivity index (χ2v) is 4.25. The molecule has 0 amide bonds. The highest BCUT2D eigenvalue weighted by Gasteiger charge is 1.98. The maximum Gasteiger partial charge on any atom is 0.0214 e. The van der Waals surface area contributed by atoms with Gasteiger partial charge in [-0.15, -0.1) is 11.8 Å². The predicted octanol–water partition coefficient (Wildman–Crippen LogP) is 3.31. The van der Waals surface area contributed by atoms with E-state index in [0.29, 0.717) is 5.92 Å². The van der Waals surface area contributed by atoms with Crippen molar-refractivity contribution < 1.29 is 0 Å². The van der Waals surface area contributed by atoms with Crippen molar-refractivity contribution in [3.05, 3.63) is 35.4 Å². The Morgan fingerprint density at radius 1 is 1.19 bits per heavy atom. The monoisotopic (exact) mass is 215 g/mol. The minimum Gasteiger partial charge on any atom is -0.312 e. The molecule has 0 fully saturated rings. The summed E-state index contributed by atoms with van der Waals surface area (Å²) in [7, 11) is 0. The van der Waals surface area contributed by atoms with E-state index in [4.69, 9.17) is 0 Å². The Balaban J connectivity index is 2.34. The summed E-state index contributed by atoms with van der Waals surface area (Å²) in [5.41, 5.74) is 2.74. The van der Waals surface area contributed by atoms with Gasteiger partial charge in [0.15, 0.2) is 0 Å². The number of nitrogens with one attached hydrogen (secondary N) is 1. The zero-order valence-electron chi connectivity index (χ0n) is 10.5. The van der Waals surface area contributed by atoms with Gasteiger partial charge >= 0.3 is 0 Å². The van der Waals surface area contributed by atoms with Crippen LogP contribution in [0.2, 0.25) is 0 Å². The second-order valence-electron chi connectivity index (χ2n) is 4.25. The molecule has 1 aromatic carbocycles. The number of benzene rings is 1. The normalized spacial score (nSPS) is 10.0. The van der Waals surface area contributed by atoms with Crippen LogP contribution in [0.15, 0.2) is 24.3 Å². The molecule has 0 saturated heterocycles. The Bertz CT molecular complexity index is 351. The standard InChI is InChI=1S/C15H21N/c1-4-5-6-11-16-12-14-7-9-15(10-8-14)13(2)3/h7-10,13,16H,6,11-12H2,1-3H3. The van der Waals surface area contributed by atoms with Crippen LogP contribution in [0, 0.1) is 11.8 Å². The van der Waals surface area contributed by atoms with Gasteiger partial charge in [0.05, 0.1) is 0 Å². The lowest BCUT2D eigenvalue weighted by Gasteiger charge is -2.07. The van der Waals surface area contributed by atoms with Crippen LogP contribution in [0.5, 0.6) is 0 Å². The molecule has 0 spiro atoms. The molecule has 86 valence electrons. The quantitative estimate of drug-likeness (QED) is 0.587. The van der Waals surface area contributed by atoms with Crippen molar-refractivity contribution in [2.75, 3.05) is 6.54 Å². The summed E-state index contributed by atoms with van der Waals surface area (Å²) in [4.78, 5) is 0. The summed E-state index contributed by atoms with van der Waals surface area (Å²) in [5.74, 6) is 6.56. The van der Waals surface area contributed by atoms with Crippen molar-refractivity contribution in [1.82, 2.24) is 5.32 Å². The number of rotatable bonds is 5. The average molecular weight is 215 g/mol. The molecule has 1 heteroatoms. The molecule has 1 nitrogen and oxygen atoms in total. The summed E-state index contributed by atoms with van der Waals surface area (Å²) >= 11 is 0. The zero-order valence-corrected chi connectivity index (χ0v) is 10.5. The van der Waals surface area contributed by atoms with Gasteiger partial charge in [0.2, 0.25) is 0 Å². The summed E-state index contributed by atoms with van der Waals surface area (Å²) in [6.45, 7) is 8.22. The molecule has 1 aromatic rings. The van der Waals surface area contributed by atoms with Crippen LogP contribution in [-0.4, -0.2) is 6.54 Å². The van der Waals surface area contributed by atoms with E-state index in [2.05, 4.69) is 55.3 Å². The maximum absolute atomic E-state index is 3.38. The molecule has 1 rings (SSSR count). The van der Waals surface area contributed by atoms with Crippen LogP contribution in [0.1, 0.15) is 44.2 Å². The summed E-state index contributed by atoms with van der Waals surface area (Å²) in [6.07, 6.45) is 0.931. The van der Waals surface area contributed by atoms with Gasteiger partial charge in [-0.05, 0) is 24.0 Å². The Morgan fingerprint density at radius 2 is 1.88 bits per heavy atom. The highest BCUT2D eigenvalue weighted by atomic mass is 14.8. The molecule has 0 aliphatic heterocycles. The highest BCUT2D eigenvalue weighted by Crippen LogP contribution is 2.14. The largest absolute Gasteiger partial charge is 0.312 e. The van der Waals surface area contributed by atoms with Crippen molar-refractivity contribution in [3.63, 3.8) is 0 Å². The van der Waals surface area contributed by atoms with Crippen LogP contribution in [-0.2, 0) is 6.54 Å². The molecule has 0 aliphatic rings. The fraction of sp³-hybridized carbons (Fsp3) is 0.467. The smallest absolute Gasteiger partial charge is 0.0214 e. The maximum atomic E-state index is 3.38. The molecule has 16 heavy (non-hydrogen) atoms. The van der Waals surface area contributed by atoms with Gasteiger partial charge in [0, 0.05) is 19.5 Å². The Labute approximate surface area is 99.3 Å². The van der Waals surface area contributed by atoms with Crippen molar-refractivity contribution in [1.29, 1.82) is 0 Å². The molecule has 0 aliphatic carbocycles. The van der Waals surface area contributed by atoms with Crippen molar-refractivity contribution in [2.24, 2.45) is 0 Å². The third kappa shape index (κ3) is 4.51. The first kappa shape index (κ1) is 12.8. The van der Waals surface area contributed by atoms with Gasteiger partial charge in [-0.3, -0.25) is 0 Å². The van der Waals surface area contributed by atoms with E-state index in [0.717, 1.165) is 19.5 Å². The molecule has 0 unspecified atom stereocenters. The lowest BCUT2D eigenvalue weighted by atomic mass is 10.0. The number of hydrogen-bond acceptors (Lipinski definition) is 1. The van der Waals surface area contributed by atoms with Crippen LogP contribution in [0.4, 0.5) is 0 Å². The molecule has 0 aromatic heterocycles. The van der Waals surface area contributed by atoms with E-state index in [-0.39, 0.29) is 0 Å². The molecule has 0 atom stereocenters. The topological polar surface area (TPSA) is 12.0 Å². The van der Waals surface area contributed by atoms with Crippen molar-refractivity contribution in [2.45, 2.75) is 39.7 Å². The Kier molecular flexibility index (Phi) is 5.67. The van der Waals surface area contributed by atoms with Gasteiger partial charge in [-0.25, -0.2) is 0 Å². The number of hydrogen-bond donors (Lipinski definition) is 1. The molecule has 1 N–H and O–H groups in total. The SMILES string of the molecule is CC#CCCNCc1ccc(C(C)C)cc1. The third-order valence-corrected chi connectivity index (χ3v) is 2.58. The van der Waals surface area contributed by atoms with E-state index < -0.39 is 0 Å². The van der Waals surface area contributed by atoms with E-state index in [1.54, 1.807) is 0 Å². The van der Waals surface area contributed by atoms with E-state index in [9.17, 15) is 0 Å². The minimum absolute atomic E-state index is 0.613. The fourth-order valence-electron chi connectivity index (χ4n) is 1.53. The zero-order chi connectivity index (χ0) is 11.8. The second kappa shape index (κ2) is 7.09. The van der Waals surface area contributed by atoms with Gasteiger partial charge in [-0.1, -0.05) is 38.1 Å². The molecule has 0 bridgehead atoms. The molecular weight excluding hydrogens is 194 g/mol. The van der Waals surface area contributed by atoms with Crippen molar-refractivity contribution in [3.8, 4) is 11.8 Å². The Morgan fingerprint density at radius 3 is 2.44 bits per heavy atom.